The topological polar surface area (TPSA) is 50.1 Å². The van der Waals surface area contributed by atoms with Gasteiger partial charge in [0.2, 0.25) is 0 Å². The van der Waals surface area contributed by atoms with Crippen molar-refractivity contribution < 1.29 is 5.11 Å². The Morgan fingerprint density at radius 2 is 2.18 bits per heavy atom. The number of rotatable bonds is 3. The Kier molecular flexibility index (Phi) is 4.40. The molecule has 2 aromatic rings. The summed E-state index contributed by atoms with van der Waals surface area (Å²) in [5, 5.41) is 16.8. The van der Waals surface area contributed by atoms with E-state index in [1.165, 1.54) is 0 Å². The van der Waals surface area contributed by atoms with E-state index in [1.807, 2.05) is 30.8 Å². The molecule has 0 aliphatic heterocycles. The van der Waals surface area contributed by atoms with Crippen molar-refractivity contribution in [3.63, 3.8) is 0 Å². The predicted molar refractivity (Wildman–Crippen MR) is 70.6 cm³/mol. The molecule has 4 nitrogen and oxygen atoms in total. The SMILES string of the molecule is Cc1c(NCc2cccc(O)c2)cnn1C.Cl. The molecule has 0 amide bonds. The second-order valence-corrected chi connectivity index (χ2v) is 3.79. The minimum atomic E-state index is 0. The Morgan fingerprint density at radius 1 is 1.41 bits per heavy atom. The Hall–Kier alpha value is -1.68. The summed E-state index contributed by atoms with van der Waals surface area (Å²) in [5.41, 5.74) is 3.16. The molecule has 0 radical (unpaired) electrons. The maximum Gasteiger partial charge on any atom is 0.115 e. The molecule has 0 bridgehead atoms. The van der Waals surface area contributed by atoms with E-state index in [0.717, 1.165) is 16.9 Å². The molecule has 1 heterocycles. The average Bonchev–Trinajstić information content (AvgIpc) is 2.57. The molecule has 5 heteroatoms. The quantitative estimate of drug-likeness (QED) is 0.884. The lowest BCUT2D eigenvalue weighted by Crippen LogP contribution is -2.00. The van der Waals surface area contributed by atoms with Crippen LogP contribution in [-0.4, -0.2) is 14.9 Å². The number of aromatic nitrogens is 2. The summed E-state index contributed by atoms with van der Waals surface area (Å²) in [6.45, 7) is 2.69. The highest BCUT2D eigenvalue weighted by Gasteiger charge is 2.02. The highest BCUT2D eigenvalue weighted by molar-refractivity contribution is 5.85. The molecule has 0 saturated heterocycles. The number of phenols is 1. The van der Waals surface area contributed by atoms with Gasteiger partial charge in [0.25, 0.3) is 0 Å². The zero-order chi connectivity index (χ0) is 11.5. The zero-order valence-electron chi connectivity index (χ0n) is 9.84. The van der Waals surface area contributed by atoms with Gasteiger partial charge in [0.1, 0.15) is 5.75 Å². The van der Waals surface area contributed by atoms with Crippen LogP contribution in [0.25, 0.3) is 0 Å². The fourth-order valence-electron chi connectivity index (χ4n) is 1.54. The van der Waals surface area contributed by atoms with E-state index in [4.69, 9.17) is 0 Å². The van der Waals surface area contributed by atoms with Gasteiger partial charge in [-0.2, -0.15) is 5.10 Å². The molecule has 0 atom stereocenters. The summed E-state index contributed by atoms with van der Waals surface area (Å²) in [6, 6.07) is 7.22. The molecule has 1 aromatic heterocycles. The van der Waals surface area contributed by atoms with Crippen molar-refractivity contribution in [2.24, 2.45) is 7.05 Å². The number of aryl methyl sites for hydroxylation is 1. The Balaban J connectivity index is 0.00000144. The third-order valence-electron chi connectivity index (χ3n) is 2.63. The Labute approximate surface area is 107 Å². The molecule has 1 aromatic carbocycles. The van der Waals surface area contributed by atoms with Gasteiger partial charge < -0.3 is 10.4 Å². The highest BCUT2D eigenvalue weighted by Crippen LogP contribution is 2.15. The maximum atomic E-state index is 9.32. The standard InChI is InChI=1S/C12H15N3O.ClH/c1-9-12(8-14-15(9)2)13-7-10-4-3-5-11(16)6-10;/h3-6,8,13,16H,7H2,1-2H3;1H. The second kappa shape index (κ2) is 5.59. The molecule has 17 heavy (non-hydrogen) atoms. The third-order valence-corrected chi connectivity index (χ3v) is 2.63. The van der Waals surface area contributed by atoms with Crippen LogP contribution in [-0.2, 0) is 13.6 Å². The minimum absolute atomic E-state index is 0. The number of nitrogens with zero attached hydrogens (tertiary/aromatic N) is 2. The molecule has 0 unspecified atom stereocenters. The van der Waals surface area contributed by atoms with E-state index in [0.29, 0.717) is 12.3 Å². The molecule has 0 fully saturated rings. The summed E-state index contributed by atoms with van der Waals surface area (Å²) in [7, 11) is 1.91. The van der Waals surface area contributed by atoms with E-state index in [9.17, 15) is 5.11 Å². The molecule has 0 spiro atoms. The number of aromatic hydroxyl groups is 1. The predicted octanol–water partition coefficient (Wildman–Crippen LogP) is 2.47. The third kappa shape index (κ3) is 3.14. The summed E-state index contributed by atoms with van der Waals surface area (Å²) < 4.78 is 1.82. The summed E-state index contributed by atoms with van der Waals surface area (Å²) in [6.07, 6.45) is 1.80. The molecule has 0 saturated carbocycles. The lowest BCUT2D eigenvalue weighted by atomic mass is 10.2. The van der Waals surface area contributed by atoms with Gasteiger partial charge in [-0.05, 0) is 24.6 Å². The van der Waals surface area contributed by atoms with Crippen molar-refractivity contribution in [3.05, 3.63) is 41.7 Å². The summed E-state index contributed by atoms with van der Waals surface area (Å²) in [5.74, 6) is 0.294. The lowest BCUT2D eigenvalue weighted by Gasteiger charge is -2.06. The molecule has 0 aliphatic carbocycles. The van der Waals surface area contributed by atoms with Crippen LogP contribution in [0.2, 0.25) is 0 Å². The summed E-state index contributed by atoms with van der Waals surface area (Å²) in [4.78, 5) is 0. The van der Waals surface area contributed by atoms with E-state index < -0.39 is 0 Å². The van der Waals surface area contributed by atoms with Gasteiger partial charge in [0.05, 0.1) is 17.6 Å². The van der Waals surface area contributed by atoms with Gasteiger partial charge in [0, 0.05) is 13.6 Å². The normalized spacial score (nSPS) is 9.76. The number of anilines is 1. The first-order valence-electron chi connectivity index (χ1n) is 5.17. The van der Waals surface area contributed by atoms with Crippen molar-refractivity contribution in [3.8, 4) is 5.75 Å². The molecular weight excluding hydrogens is 238 g/mol. The first-order valence-corrected chi connectivity index (χ1v) is 5.17. The van der Waals surface area contributed by atoms with Crippen LogP contribution in [0.15, 0.2) is 30.5 Å². The molecule has 0 aliphatic rings. The zero-order valence-corrected chi connectivity index (χ0v) is 10.7. The van der Waals surface area contributed by atoms with Gasteiger partial charge in [-0.15, -0.1) is 12.4 Å². The maximum absolute atomic E-state index is 9.32. The fourth-order valence-corrected chi connectivity index (χ4v) is 1.54. The van der Waals surface area contributed by atoms with Crippen LogP contribution in [0.5, 0.6) is 5.75 Å². The first kappa shape index (κ1) is 13.4. The number of hydrogen-bond donors (Lipinski definition) is 2. The molecule has 2 rings (SSSR count). The highest BCUT2D eigenvalue weighted by atomic mass is 35.5. The Bertz CT molecular complexity index is 496. The van der Waals surface area contributed by atoms with Crippen molar-refractivity contribution in [1.82, 2.24) is 9.78 Å². The number of benzene rings is 1. The van der Waals surface area contributed by atoms with Crippen molar-refractivity contribution in [2.45, 2.75) is 13.5 Å². The number of hydrogen-bond acceptors (Lipinski definition) is 3. The molecule has 92 valence electrons. The minimum Gasteiger partial charge on any atom is -0.508 e. The van der Waals surface area contributed by atoms with E-state index in [1.54, 1.807) is 18.3 Å². The summed E-state index contributed by atoms with van der Waals surface area (Å²) >= 11 is 0. The number of nitrogens with one attached hydrogen (secondary N) is 1. The molecule has 2 N–H and O–H groups in total. The fraction of sp³-hybridized carbons (Fsp3) is 0.250. The largest absolute Gasteiger partial charge is 0.508 e. The van der Waals surface area contributed by atoms with E-state index in [2.05, 4.69) is 10.4 Å². The first-order chi connectivity index (χ1) is 7.66. The van der Waals surface area contributed by atoms with Crippen LogP contribution in [0.1, 0.15) is 11.3 Å². The van der Waals surface area contributed by atoms with Crippen LogP contribution in [0, 0.1) is 6.92 Å². The van der Waals surface area contributed by atoms with Crippen LogP contribution < -0.4 is 5.32 Å². The van der Waals surface area contributed by atoms with Gasteiger partial charge in [-0.3, -0.25) is 4.68 Å². The van der Waals surface area contributed by atoms with Crippen LogP contribution >= 0.6 is 12.4 Å². The smallest absolute Gasteiger partial charge is 0.115 e. The molecular formula is C12H16ClN3O. The van der Waals surface area contributed by atoms with Crippen molar-refractivity contribution >= 4 is 18.1 Å². The van der Waals surface area contributed by atoms with Crippen molar-refractivity contribution in [2.75, 3.05) is 5.32 Å². The second-order valence-electron chi connectivity index (χ2n) is 3.79. The monoisotopic (exact) mass is 253 g/mol. The number of halogens is 1. The van der Waals surface area contributed by atoms with Crippen LogP contribution in [0.3, 0.4) is 0 Å². The average molecular weight is 254 g/mol. The van der Waals surface area contributed by atoms with Gasteiger partial charge in [0.15, 0.2) is 0 Å². The Morgan fingerprint density at radius 3 is 2.76 bits per heavy atom. The number of phenolic OH excluding ortho intramolecular Hbond substituents is 1. The van der Waals surface area contributed by atoms with E-state index >= 15 is 0 Å². The van der Waals surface area contributed by atoms with Gasteiger partial charge in [-0.25, -0.2) is 0 Å². The van der Waals surface area contributed by atoms with Gasteiger partial charge >= 0.3 is 0 Å². The van der Waals surface area contributed by atoms with Crippen LogP contribution in [0.4, 0.5) is 5.69 Å². The lowest BCUT2D eigenvalue weighted by molar-refractivity contribution is 0.474. The van der Waals surface area contributed by atoms with E-state index in [-0.39, 0.29) is 12.4 Å². The van der Waals surface area contributed by atoms with Gasteiger partial charge in [-0.1, -0.05) is 12.1 Å². The van der Waals surface area contributed by atoms with Crippen molar-refractivity contribution in [1.29, 1.82) is 0 Å².